The van der Waals surface area contributed by atoms with Gasteiger partial charge < -0.3 is 9.41 Å². The van der Waals surface area contributed by atoms with Gasteiger partial charge in [-0.25, -0.2) is 0 Å². The Kier molecular flexibility index (Phi) is 4.47. The molecular weight excluding hydrogens is 270 g/mol. The molecular formula is C13H33NOSi3. The van der Waals surface area contributed by atoms with Crippen LogP contribution in [-0.2, 0) is 4.43 Å². The van der Waals surface area contributed by atoms with Crippen LogP contribution < -0.4 is 4.98 Å². The molecule has 5 heteroatoms. The molecule has 0 saturated carbocycles. The van der Waals surface area contributed by atoms with Gasteiger partial charge in [0.15, 0.2) is 7.83 Å². The van der Waals surface area contributed by atoms with Gasteiger partial charge in [0, 0.05) is 5.60 Å². The Hall–Kier alpha value is 0.571. The van der Waals surface area contributed by atoms with Crippen molar-refractivity contribution in [2.45, 2.75) is 84.5 Å². The first-order valence-corrected chi connectivity index (χ1v) is 18.0. The molecule has 1 rings (SSSR count). The number of nitrogens with one attached hydrogen (secondary N) is 1. The summed E-state index contributed by atoms with van der Waals surface area (Å²) in [4.78, 5) is 4.10. The van der Waals surface area contributed by atoms with Gasteiger partial charge in [-0.15, -0.1) is 0 Å². The summed E-state index contributed by atoms with van der Waals surface area (Å²) in [6.45, 7) is 21.9. The predicted octanol–water partition coefficient (Wildman–Crippen LogP) is 3.83. The molecule has 18 heavy (non-hydrogen) atoms. The van der Waals surface area contributed by atoms with E-state index in [4.69, 9.17) is 4.43 Å². The first kappa shape index (κ1) is 16.6. The molecule has 1 aliphatic rings. The lowest BCUT2D eigenvalue weighted by Crippen LogP contribution is -2.84. The summed E-state index contributed by atoms with van der Waals surface area (Å²) in [5, 5.41) is 0. The predicted molar refractivity (Wildman–Crippen MR) is 89.4 cm³/mol. The van der Waals surface area contributed by atoms with E-state index in [0.717, 1.165) is 0 Å². The van der Waals surface area contributed by atoms with Crippen LogP contribution in [-0.4, -0.2) is 34.3 Å². The molecule has 1 fully saturated rings. The van der Waals surface area contributed by atoms with Crippen LogP contribution in [0, 0.1) is 0 Å². The van der Waals surface area contributed by atoms with Gasteiger partial charge in [0.1, 0.15) is 7.75 Å². The zero-order valence-corrected chi connectivity index (χ0v) is 16.9. The number of hydrogen-bond acceptors (Lipinski definition) is 2. The molecule has 0 aromatic heterocycles. The van der Waals surface area contributed by atoms with Crippen molar-refractivity contribution in [1.82, 2.24) is 4.98 Å². The van der Waals surface area contributed by atoms with Crippen molar-refractivity contribution in [2.24, 2.45) is 0 Å². The molecule has 108 valence electrons. The standard InChI is InChI=1S/C13H33NOSi3/c1-10-12(2)14-18(9)11-13(3,4)15-16(5,6)17(18,7)8/h12,14H,10-11H2,1-9H3. The molecule has 0 spiro atoms. The van der Waals surface area contributed by atoms with Gasteiger partial charge in [0.2, 0.25) is 0 Å². The van der Waals surface area contributed by atoms with Crippen LogP contribution in [0.15, 0.2) is 0 Å². The molecule has 1 aliphatic heterocycles. The number of hydrogen-bond donors (Lipinski definition) is 1. The molecule has 2 atom stereocenters. The van der Waals surface area contributed by atoms with E-state index in [1.165, 1.54) is 12.5 Å². The smallest absolute Gasteiger partial charge is 0.173 e. The minimum Gasteiger partial charge on any atom is -0.416 e. The summed E-state index contributed by atoms with van der Waals surface area (Å²) in [5.74, 6) is 0. The van der Waals surface area contributed by atoms with E-state index in [2.05, 4.69) is 65.4 Å². The minimum absolute atomic E-state index is 0.0830. The summed E-state index contributed by atoms with van der Waals surface area (Å²) in [6, 6.07) is 1.94. The quantitative estimate of drug-likeness (QED) is 0.800. The fourth-order valence-electron chi connectivity index (χ4n) is 3.47. The fourth-order valence-corrected chi connectivity index (χ4v) is 34.5. The third-order valence-corrected chi connectivity index (χ3v) is 43.9. The lowest BCUT2D eigenvalue weighted by Gasteiger charge is -2.59. The van der Waals surface area contributed by atoms with Crippen molar-refractivity contribution in [1.29, 1.82) is 0 Å². The largest absolute Gasteiger partial charge is 0.416 e. The summed E-state index contributed by atoms with van der Waals surface area (Å²) >= 11 is 0. The average Bonchev–Trinajstić information content (AvgIpc) is 2.12. The summed E-state index contributed by atoms with van der Waals surface area (Å²) in [5.41, 5.74) is 0.0830. The second-order valence-electron chi connectivity index (χ2n) is 7.96. The van der Waals surface area contributed by atoms with Gasteiger partial charge in [-0.2, -0.15) is 0 Å². The molecule has 0 bridgehead atoms. The Bertz CT molecular complexity index is 317. The first-order valence-electron chi connectivity index (χ1n) is 7.35. The van der Waals surface area contributed by atoms with Crippen molar-refractivity contribution >= 4 is 22.7 Å². The van der Waals surface area contributed by atoms with E-state index in [0.29, 0.717) is 6.04 Å². The van der Waals surface area contributed by atoms with Crippen LogP contribution in [0.25, 0.3) is 0 Å². The highest BCUT2D eigenvalue weighted by Gasteiger charge is 2.63. The molecule has 0 amide bonds. The molecule has 0 aromatic carbocycles. The van der Waals surface area contributed by atoms with Crippen molar-refractivity contribution in [2.75, 3.05) is 0 Å². The van der Waals surface area contributed by atoms with Crippen LogP contribution in [0.5, 0.6) is 0 Å². The van der Waals surface area contributed by atoms with Crippen LogP contribution in [0.4, 0.5) is 0 Å². The Morgan fingerprint density at radius 2 is 1.67 bits per heavy atom. The lowest BCUT2D eigenvalue weighted by atomic mass is 10.2. The van der Waals surface area contributed by atoms with E-state index in [1.807, 2.05) is 0 Å². The van der Waals surface area contributed by atoms with Gasteiger partial charge >= 0.3 is 0 Å². The molecule has 2 nitrogen and oxygen atoms in total. The maximum absolute atomic E-state index is 6.58. The van der Waals surface area contributed by atoms with Crippen molar-refractivity contribution in [3.05, 3.63) is 0 Å². The normalized spacial score (nSPS) is 35.2. The second-order valence-corrected chi connectivity index (χ2v) is 33.7. The van der Waals surface area contributed by atoms with E-state index in [9.17, 15) is 0 Å². The van der Waals surface area contributed by atoms with E-state index < -0.39 is 22.7 Å². The highest BCUT2D eigenvalue weighted by atomic mass is 29.6. The van der Waals surface area contributed by atoms with Gasteiger partial charge in [-0.3, -0.25) is 0 Å². The van der Waals surface area contributed by atoms with Crippen LogP contribution in [0.1, 0.15) is 34.1 Å². The van der Waals surface area contributed by atoms with Crippen molar-refractivity contribution in [3.63, 3.8) is 0 Å². The summed E-state index contributed by atoms with van der Waals surface area (Å²) in [7, 11) is -4.22. The van der Waals surface area contributed by atoms with E-state index in [-0.39, 0.29) is 5.60 Å². The summed E-state index contributed by atoms with van der Waals surface area (Å²) < 4.78 is 6.58. The second kappa shape index (κ2) is 4.84. The fraction of sp³-hybridized carbons (Fsp3) is 1.00. The molecule has 0 radical (unpaired) electrons. The van der Waals surface area contributed by atoms with E-state index in [1.54, 1.807) is 0 Å². The van der Waals surface area contributed by atoms with Crippen LogP contribution >= 0.6 is 0 Å². The Morgan fingerprint density at radius 3 is 2.11 bits per heavy atom. The molecule has 0 aliphatic carbocycles. The lowest BCUT2D eigenvalue weighted by molar-refractivity contribution is 0.121. The van der Waals surface area contributed by atoms with Crippen LogP contribution in [0.3, 0.4) is 0 Å². The number of rotatable bonds is 3. The third-order valence-electron chi connectivity index (χ3n) is 5.37. The zero-order valence-electron chi connectivity index (χ0n) is 13.9. The maximum Gasteiger partial charge on any atom is 0.173 e. The molecule has 1 heterocycles. The summed E-state index contributed by atoms with van der Waals surface area (Å²) in [6.07, 6.45) is 1.23. The van der Waals surface area contributed by atoms with Gasteiger partial charge in [-0.05, 0) is 45.4 Å². The Balaban J connectivity index is 3.13. The molecule has 1 N–H and O–H groups in total. The SMILES string of the molecule is CCC(C)N[Si]1(C)CC(C)(C)O[Si](C)(C)[Si]1(C)C. The van der Waals surface area contributed by atoms with Crippen molar-refractivity contribution < 1.29 is 4.43 Å². The van der Waals surface area contributed by atoms with E-state index >= 15 is 0 Å². The highest BCUT2D eigenvalue weighted by molar-refractivity contribution is 7.67. The van der Waals surface area contributed by atoms with Crippen molar-refractivity contribution in [3.8, 4) is 0 Å². The highest BCUT2D eigenvalue weighted by Crippen LogP contribution is 2.42. The topological polar surface area (TPSA) is 21.3 Å². The van der Waals surface area contributed by atoms with Gasteiger partial charge in [0.05, 0.1) is 7.11 Å². The molecule has 2 unspecified atom stereocenters. The third kappa shape index (κ3) is 2.85. The monoisotopic (exact) mass is 303 g/mol. The average molecular weight is 304 g/mol. The van der Waals surface area contributed by atoms with Crippen LogP contribution in [0.2, 0.25) is 38.8 Å². The van der Waals surface area contributed by atoms with Gasteiger partial charge in [0.25, 0.3) is 0 Å². The first-order chi connectivity index (χ1) is 7.87. The minimum atomic E-state index is -1.53. The van der Waals surface area contributed by atoms with Gasteiger partial charge in [-0.1, -0.05) is 33.5 Å². The molecule has 0 aromatic rings. The maximum atomic E-state index is 6.58. The Labute approximate surface area is 117 Å². The zero-order chi connectivity index (χ0) is 14.4. The molecule has 1 saturated heterocycles. The Morgan fingerprint density at radius 1 is 1.17 bits per heavy atom.